The first-order valence-corrected chi connectivity index (χ1v) is 14.9. The zero-order valence-corrected chi connectivity index (χ0v) is 26.2. The number of hydrogen-bond donors (Lipinski definition) is 2. The lowest BCUT2D eigenvalue weighted by molar-refractivity contribution is 0.0285. The maximum absolute atomic E-state index is 12.4. The quantitative estimate of drug-likeness (QED) is 0.114. The maximum Gasteiger partial charge on any atom is 0.410 e. The van der Waals surface area contributed by atoms with E-state index in [1.54, 1.807) is 19.4 Å². The van der Waals surface area contributed by atoms with Crippen LogP contribution in [0.15, 0.2) is 59.3 Å². The molecule has 11 nitrogen and oxygen atoms in total. The molecule has 1 amide bonds. The summed E-state index contributed by atoms with van der Waals surface area (Å²) in [4.78, 5) is 32.5. The van der Waals surface area contributed by atoms with Crippen LogP contribution < -0.4 is 15.4 Å². The summed E-state index contributed by atoms with van der Waals surface area (Å²) in [6.07, 6.45) is 4.84. The van der Waals surface area contributed by atoms with E-state index in [9.17, 15) is 4.79 Å². The van der Waals surface area contributed by atoms with Crippen molar-refractivity contribution in [2.75, 3.05) is 37.2 Å². The fraction of sp³-hybridized carbons (Fsp3) is 0.344. The van der Waals surface area contributed by atoms with Crippen LogP contribution in [0.5, 0.6) is 5.88 Å². The summed E-state index contributed by atoms with van der Waals surface area (Å²) in [5.41, 5.74) is 2.32. The Morgan fingerprint density at radius 3 is 2.64 bits per heavy atom. The van der Waals surface area contributed by atoms with Gasteiger partial charge >= 0.3 is 6.09 Å². The number of oxazole rings is 1. The topological polar surface area (TPSA) is 128 Å². The number of alkyl halides is 1. The first-order chi connectivity index (χ1) is 21.1. The molecule has 2 N–H and O–H groups in total. The molecule has 0 radical (unpaired) electrons. The van der Waals surface area contributed by atoms with Crippen molar-refractivity contribution in [3.63, 3.8) is 0 Å². The highest BCUT2D eigenvalue weighted by molar-refractivity contribution is 6.17. The van der Waals surface area contributed by atoms with Crippen molar-refractivity contribution >= 4 is 57.0 Å². The van der Waals surface area contributed by atoms with E-state index in [4.69, 9.17) is 30.5 Å². The third-order valence-electron chi connectivity index (χ3n) is 6.57. The number of hydrogen-bond acceptors (Lipinski definition) is 10. The number of pyridine rings is 3. The minimum absolute atomic E-state index is 0.364. The lowest BCUT2D eigenvalue weighted by Crippen LogP contribution is -2.33. The Hall–Kier alpha value is -4.64. The molecule has 0 bridgehead atoms. The summed E-state index contributed by atoms with van der Waals surface area (Å²) in [6.45, 7) is 6.44. The third kappa shape index (κ3) is 7.46. The SMILES string of the molecule is CNc1ncc(-c2nc3cc(CN(C)C(=O)OC(C)(C)C)ccc3o2)c2cc(Nc3cccc(OCCCCCl)n3)ncc12. The average molecular weight is 618 g/mol. The normalized spacial score (nSPS) is 11.5. The van der Waals surface area contributed by atoms with Crippen molar-refractivity contribution in [3.8, 4) is 17.3 Å². The molecular formula is C32H36ClN7O4. The molecule has 5 rings (SSSR count). The van der Waals surface area contributed by atoms with E-state index in [2.05, 4.69) is 25.6 Å². The average Bonchev–Trinajstić information content (AvgIpc) is 3.41. The van der Waals surface area contributed by atoms with Gasteiger partial charge in [-0.05, 0) is 63.4 Å². The number of rotatable bonds is 11. The molecule has 0 spiro atoms. The van der Waals surface area contributed by atoms with Crippen LogP contribution in [-0.4, -0.2) is 63.1 Å². The highest BCUT2D eigenvalue weighted by atomic mass is 35.5. The van der Waals surface area contributed by atoms with Gasteiger partial charge in [0, 0.05) is 55.8 Å². The van der Waals surface area contributed by atoms with Crippen molar-refractivity contribution in [2.45, 2.75) is 45.8 Å². The number of ether oxygens (including phenoxy) is 2. The molecule has 0 aliphatic rings. The number of nitrogens with one attached hydrogen (secondary N) is 2. The fourth-order valence-electron chi connectivity index (χ4n) is 4.51. The van der Waals surface area contributed by atoms with Crippen molar-refractivity contribution in [2.24, 2.45) is 0 Å². The van der Waals surface area contributed by atoms with Crippen LogP contribution in [0, 0.1) is 0 Å². The summed E-state index contributed by atoms with van der Waals surface area (Å²) >= 11 is 5.76. The van der Waals surface area contributed by atoms with Crippen LogP contribution in [0.25, 0.3) is 33.3 Å². The van der Waals surface area contributed by atoms with E-state index in [0.29, 0.717) is 64.9 Å². The minimum atomic E-state index is -0.569. The van der Waals surface area contributed by atoms with E-state index in [1.807, 2.05) is 70.3 Å². The first kappa shape index (κ1) is 30.8. The number of fused-ring (bicyclic) bond motifs is 2. The molecule has 44 heavy (non-hydrogen) atoms. The molecule has 0 aliphatic heterocycles. The number of amides is 1. The van der Waals surface area contributed by atoms with Crippen LogP contribution in [0.3, 0.4) is 0 Å². The Kier molecular flexibility index (Phi) is 9.34. The predicted octanol–water partition coefficient (Wildman–Crippen LogP) is 7.38. The van der Waals surface area contributed by atoms with Gasteiger partial charge in [-0.1, -0.05) is 12.1 Å². The number of unbranched alkanes of at least 4 members (excludes halogenated alkanes) is 1. The summed E-state index contributed by atoms with van der Waals surface area (Å²) in [5, 5.41) is 8.05. The number of benzene rings is 1. The second-order valence-electron chi connectivity index (χ2n) is 11.3. The number of carbonyl (C=O) groups excluding carboxylic acids is 1. The van der Waals surface area contributed by atoms with Gasteiger partial charge in [0.25, 0.3) is 0 Å². The summed E-state index contributed by atoms with van der Waals surface area (Å²) in [6, 6.07) is 13.1. The third-order valence-corrected chi connectivity index (χ3v) is 6.84. The highest BCUT2D eigenvalue weighted by Gasteiger charge is 2.20. The van der Waals surface area contributed by atoms with Crippen LogP contribution in [0.2, 0.25) is 0 Å². The second kappa shape index (κ2) is 13.3. The van der Waals surface area contributed by atoms with Crippen molar-refractivity contribution < 1.29 is 18.7 Å². The monoisotopic (exact) mass is 617 g/mol. The molecule has 0 fully saturated rings. The van der Waals surface area contributed by atoms with Gasteiger partial charge in [0.1, 0.15) is 28.6 Å². The van der Waals surface area contributed by atoms with Gasteiger partial charge in [-0.25, -0.2) is 19.7 Å². The van der Waals surface area contributed by atoms with E-state index in [-0.39, 0.29) is 0 Å². The molecule has 1 aromatic carbocycles. The molecule has 0 atom stereocenters. The van der Waals surface area contributed by atoms with Crippen molar-refractivity contribution in [1.82, 2.24) is 24.8 Å². The second-order valence-corrected chi connectivity index (χ2v) is 11.7. The van der Waals surface area contributed by atoms with E-state index in [0.717, 1.165) is 29.2 Å². The van der Waals surface area contributed by atoms with Crippen molar-refractivity contribution in [3.05, 3.63) is 60.4 Å². The highest BCUT2D eigenvalue weighted by Crippen LogP contribution is 2.34. The Balaban J connectivity index is 1.42. The Labute approximate surface area is 261 Å². The number of carbonyl (C=O) groups is 1. The Bertz CT molecular complexity index is 1770. The van der Waals surface area contributed by atoms with Gasteiger partial charge in [-0.15, -0.1) is 11.6 Å². The van der Waals surface area contributed by atoms with Crippen LogP contribution >= 0.6 is 11.6 Å². The molecule has 12 heteroatoms. The maximum atomic E-state index is 12.4. The van der Waals surface area contributed by atoms with Crippen molar-refractivity contribution in [1.29, 1.82) is 0 Å². The molecular weight excluding hydrogens is 582 g/mol. The number of nitrogens with zero attached hydrogens (tertiary/aromatic N) is 5. The molecule has 4 aromatic heterocycles. The summed E-state index contributed by atoms with van der Waals surface area (Å²) in [5.74, 6) is 3.41. The number of anilines is 3. The van der Waals surface area contributed by atoms with E-state index in [1.165, 1.54) is 4.90 Å². The number of aromatic nitrogens is 4. The molecule has 0 saturated carbocycles. The lowest BCUT2D eigenvalue weighted by Gasteiger charge is -2.24. The number of halogens is 1. The standard InChI is InChI=1S/C32H36ClN7O4/c1-32(2,3)44-31(41)40(5)19-20-11-12-25-24(15-20)37-30(43-25)23-18-36-29(34-4)22-17-35-27(16-21(22)23)38-26-9-8-10-28(39-26)42-14-7-6-13-33/h8-12,15-18H,6-7,13-14,19H2,1-5H3,(H,34,36)(H,35,38,39). The summed E-state index contributed by atoms with van der Waals surface area (Å²) < 4.78 is 17.4. The zero-order chi connectivity index (χ0) is 31.3. The van der Waals surface area contributed by atoms with Crippen LogP contribution in [0.1, 0.15) is 39.2 Å². The van der Waals surface area contributed by atoms with Gasteiger partial charge in [0.15, 0.2) is 5.58 Å². The molecule has 0 saturated heterocycles. The van der Waals surface area contributed by atoms with Crippen LogP contribution in [-0.2, 0) is 11.3 Å². The van der Waals surface area contributed by atoms with Gasteiger partial charge < -0.3 is 29.4 Å². The zero-order valence-electron chi connectivity index (χ0n) is 25.5. The fourth-order valence-corrected chi connectivity index (χ4v) is 4.70. The molecule has 5 aromatic rings. The molecule has 230 valence electrons. The molecule has 4 heterocycles. The van der Waals surface area contributed by atoms with Gasteiger partial charge in [-0.3, -0.25) is 0 Å². The largest absolute Gasteiger partial charge is 0.478 e. The molecule has 0 unspecified atom stereocenters. The Morgan fingerprint density at radius 1 is 1.02 bits per heavy atom. The van der Waals surface area contributed by atoms with Crippen LogP contribution in [0.4, 0.5) is 22.2 Å². The van der Waals surface area contributed by atoms with Gasteiger partial charge in [0.05, 0.1) is 12.2 Å². The minimum Gasteiger partial charge on any atom is -0.478 e. The first-order valence-electron chi connectivity index (χ1n) is 14.4. The van der Waals surface area contributed by atoms with E-state index >= 15 is 0 Å². The van der Waals surface area contributed by atoms with Gasteiger partial charge in [-0.2, -0.15) is 4.98 Å². The Morgan fingerprint density at radius 2 is 1.86 bits per heavy atom. The van der Waals surface area contributed by atoms with E-state index < -0.39 is 11.7 Å². The lowest BCUT2D eigenvalue weighted by atomic mass is 10.1. The van der Waals surface area contributed by atoms with Gasteiger partial charge in [0.2, 0.25) is 11.8 Å². The molecule has 0 aliphatic carbocycles. The smallest absolute Gasteiger partial charge is 0.410 e. The summed E-state index contributed by atoms with van der Waals surface area (Å²) in [7, 11) is 3.51. The predicted molar refractivity (Wildman–Crippen MR) is 173 cm³/mol.